The number of carbonyl (C=O) groups excluding carboxylic acids is 1. The first-order valence-corrected chi connectivity index (χ1v) is 12.8. The fourth-order valence-corrected chi connectivity index (χ4v) is 5.58. The summed E-state index contributed by atoms with van der Waals surface area (Å²) in [6, 6.07) is 23.4. The minimum Gasteiger partial charge on any atom is -0.493 e. The van der Waals surface area contributed by atoms with Crippen molar-refractivity contribution in [2.45, 2.75) is 18.9 Å². The maximum absolute atomic E-state index is 13.6. The molecule has 3 aromatic rings. The van der Waals surface area contributed by atoms with Gasteiger partial charge in [0.25, 0.3) is 0 Å². The van der Waals surface area contributed by atoms with Crippen molar-refractivity contribution in [3.8, 4) is 17.2 Å². The molecule has 0 bridgehead atoms. The lowest BCUT2D eigenvalue weighted by atomic mass is 9.90. The van der Waals surface area contributed by atoms with Gasteiger partial charge in [0.2, 0.25) is 11.7 Å². The zero-order chi connectivity index (χ0) is 25.8. The molecule has 37 heavy (non-hydrogen) atoms. The van der Waals surface area contributed by atoms with Gasteiger partial charge in [0.15, 0.2) is 11.5 Å². The van der Waals surface area contributed by atoms with Crippen LogP contribution < -0.4 is 14.2 Å². The number of carbonyl (C=O) groups is 1. The van der Waals surface area contributed by atoms with E-state index in [0.717, 1.165) is 36.2 Å². The molecule has 192 valence electrons. The molecule has 0 unspecified atom stereocenters. The molecule has 6 heteroatoms. The molecule has 1 aliphatic carbocycles. The monoisotopic (exact) mass is 498 g/mol. The molecule has 0 spiro atoms. The van der Waals surface area contributed by atoms with E-state index in [2.05, 4.69) is 65.6 Å². The smallest absolute Gasteiger partial charge is 0.249 e. The maximum atomic E-state index is 13.6. The number of piperazine rings is 1. The first-order valence-electron chi connectivity index (χ1n) is 12.8. The summed E-state index contributed by atoms with van der Waals surface area (Å²) in [6.45, 7) is 3.05. The molecule has 1 saturated heterocycles. The van der Waals surface area contributed by atoms with Crippen LogP contribution in [0.5, 0.6) is 17.2 Å². The highest BCUT2D eigenvalue weighted by atomic mass is 16.5. The van der Waals surface area contributed by atoms with Crippen LogP contribution in [0.15, 0.2) is 72.3 Å². The normalized spacial score (nSPS) is 15.7. The summed E-state index contributed by atoms with van der Waals surface area (Å²) in [5, 5.41) is 0. The standard InChI is InChI=1S/C31H34N2O4/c1-35-27-21-25-20-24(14-15-26(25)29(36-2)30(27)37-3)31(34)33-18-16-32(17-19-33)28(22-10-6-4-7-11-22)23-12-8-5-9-13-23/h4-13,20-21,28H,14-19H2,1-3H3. The largest absolute Gasteiger partial charge is 0.493 e. The maximum Gasteiger partial charge on any atom is 0.249 e. The van der Waals surface area contributed by atoms with E-state index in [1.54, 1.807) is 21.3 Å². The van der Waals surface area contributed by atoms with Crippen molar-refractivity contribution in [2.75, 3.05) is 47.5 Å². The highest BCUT2D eigenvalue weighted by Crippen LogP contribution is 2.45. The highest BCUT2D eigenvalue weighted by Gasteiger charge is 2.31. The fourth-order valence-electron chi connectivity index (χ4n) is 5.58. The molecular weight excluding hydrogens is 464 g/mol. The number of hydrogen-bond donors (Lipinski definition) is 0. The summed E-state index contributed by atoms with van der Waals surface area (Å²) in [5.41, 5.74) is 5.39. The Morgan fingerprint density at radius 3 is 1.89 bits per heavy atom. The molecule has 1 heterocycles. The van der Waals surface area contributed by atoms with Crippen LogP contribution in [0, 0.1) is 0 Å². The van der Waals surface area contributed by atoms with E-state index >= 15 is 0 Å². The van der Waals surface area contributed by atoms with Crippen LogP contribution in [0.4, 0.5) is 0 Å². The van der Waals surface area contributed by atoms with Gasteiger partial charge in [0, 0.05) is 37.3 Å². The zero-order valence-corrected chi connectivity index (χ0v) is 21.8. The van der Waals surface area contributed by atoms with E-state index < -0.39 is 0 Å². The summed E-state index contributed by atoms with van der Waals surface area (Å²) in [7, 11) is 4.86. The lowest BCUT2D eigenvalue weighted by molar-refractivity contribution is -0.129. The van der Waals surface area contributed by atoms with Gasteiger partial charge in [-0.2, -0.15) is 0 Å². The SMILES string of the molecule is COc1cc2c(c(OC)c1OC)CCC(C(=O)N1CCN(C(c3ccccc3)c3ccccc3)CC1)=C2. The van der Waals surface area contributed by atoms with Gasteiger partial charge < -0.3 is 19.1 Å². The Balaban J connectivity index is 1.34. The van der Waals surface area contributed by atoms with Crippen LogP contribution in [0.3, 0.4) is 0 Å². The van der Waals surface area contributed by atoms with E-state index in [-0.39, 0.29) is 11.9 Å². The van der Waals surface area contributed by atoms with Crippen molar-refractivity contribution in [1.29, 1.82) is 0 Å². The van der Waals surface area contributed by atoms with Crippen molar-refractivity contribution < 1.29 is 19.0 Å². The van der Waals surface area contributed by atoms with Crippen molar-refractivity contribution in [2.24, 2.45) is 0 Å². The van der Waals surface area contributed by atoms with Crippen LogP contribution in [0.1, 0.15) is 34.7 Å². The van der Waals surface area contributed by atoms with E-state index in [1.807, 2.05) is 17.0 Å². The predicted octanol–water partition coefficient (Wildman–Crippen LogP) is 4.98. The van der Waals surface area contributed by atoms with Crippen molar-refractivity contribution >= 4 is 12.0 Å². The molecule has 0 N–H and O–H groups in total. The first kappa shape index (κ1) is 24.9. The molecule has 0 atom stereocenters. The second kappa shape index (κ2) is 11.1. The molecule has 3 aromatic carbocycles. The Morgan fingerprint density at radius 1 is 0.757 bits per heavy atom. The summed E-state index contributed by atoms with van der Waals surface area (Å²) >= 11 is 0. The molecule has 1 fully saturated rings. The van der Waals surface area contributed by atoms with Crippen LogP contribution in [-0.4, -0.2) is 63.2 Å². The molecule has 2 aliphatic rings. The summed E-state index contributed by atoms with van der Waals surface area (Å²) in [4.78, 5) is 18.0. The van der Waals surface area contributed by atoms with Crippen molar-refractivity contribution in [1.82, 2.24) is 9.80 Å². The van der Waals surface area contributed by atoms with Crippen LogP contribution in [-0.2, 0) is 11.2 Å². The van der Waals surface area contributed by atoms with Gasteiger partial charge in [-0.05, 0) is 41.7 Å². The molecule has 1 amide bonds. The quantitative estimate of drug-likeness (QED) is 0.460. The third-order valence-corrected chi connectivity index (χ3v) is 7.41. The topological polar surface area (TPSA) is 51.2 Å². The van der Waals surface area contributed by atoms with Crippen molar-refractivity contribution in [3.05, 3.63) is 94.6 Å². The van der Waals surface area contributed by atoms with Crippen LogP contribution >= 0.6 is 0 Å². The van der Waals surface area contributed by atoms with Gasteiger partial charge in [0.05, 0.1) is 27.4 Å². The minimum atomic E-state index is 0.120. The number of nitrogens with zero attached hydrogens (tertiary/aromatic N) is 2. The number of hydrogen-bond acceptors (Lipinski definition) is 5. The minimum absolute atomic E-state index is 0.120. The first-order chi connectivity index (χ1) is 18.1. The van der Waals surface area contributed by atoms with Crippen molar-refractivity contribution in [3.63, 3.8) is 0 Å². The number of amides is 1. The van der Waals surface area contributed by atoms with Crippen LogP contribution in [0.2, 0.25) is 0 Å². The highest BCUT2D eigenvalue weighted by molar-refractivity contribution is 5.99. The molecule has 0 aromatic heterocycles. The van der Waals surface area contributed by atoms with Gasteiger partial charge in [-0.15, -0.1) is 0 Å². The Hall–Kier alpha value is -3.77. The Labute approximate surface area is 219 Å². The molecule has 1 aliphatic heterocycles. The van der Waals surface area contributed by atoms with Gasteiger partial charge in [0.1, 0.15) is 0 Å². The van der Waals surface area contributed by atoms with Gasteiger partial charge in [-0.1, -0.05) is 60.7 Å². The average molecular weight is 499 g/mol. The number of fused-ring (bicyclic) bond motifs is 1. The molecular formula is C31H34N2O4. The Morgan fingerprint density at radius 2 is 1.35 bits per heavy atom. The second-order valence-electron chi connectivity index (χ2n) is 9.43. The number of rotatable bonds is 7. The average Bonchev–Trinajstić information content (AvgIpc) is 2.97. The third-order valence-electron chi connectivity index (χ3n) is 7.41. The van der Waals surface area contributed by atoms with E-state index in [0.29, 0.717) is 36.8 Å². The number of methoxy groups -OCH3 is 3. The lowest BCUT2D eigenvalue weighted by Crippen LogP contribution is -2.50. The molecule has 0 radical (unpaired) electrons. The summed E-state index contributed by atoms with van der Waals surface area (Å²) < 4.78 is 16.7. The Kier molecular flexibility index (Phi) is 7.47. The third kappa shape index (κ3) is 4.94. The molecule has 5 rings (SSSR count). The van der Waals surface area contributed by atoms with Crippen LogP contribution in [0.25, 0.3) is 6.08 Å². The zero-order valence-electron chi connectivity index (χ0n) is 21.8. The molecule has 6 nitrogen and oxygen atoms in total. The summed E-state index contributed by atoms with van der Waals surface area (Å²) in [6.07, 6.45) is 3.39. The van der Waals surface area contributed by atoms with E-state index in [9.17, 15) is 4.79 Å². The Bertz CT molecular complexity index is 1230. The predicted molar refractivity (Wildman–Crippen MR) is 145 cm³/mol. The summed E-state index contributed by atoms with van der Waals surface area (Å²) in [5.74, 6) is 2.00. The lowest BCUT2D eigenvalue weighted by Gasteiger charge is -2.40. The fraction of sp³-hybridized carbons (Fsp3) is 0.323. The van der Waals surface area contributed by atoms with E-state index in [1.165, 1.54) is 11.1 Å². The van der Waals surface area contributed by atoms with Gasteiger partial charge in [-0.3, -0.25) is 9.69 Å². The molecule has 0 saturated carbocycles. The van der Waals surface area contributed by atoms with Gasteiger partial charge >= 0.3 is 0 Å². The van der Waals surface area contributed by atoms with Gasteiger partial charge in [-0.25, -0.2) is 0 Å². The number of benzene rings is 3. The van der Waals surface area contributed by atoms with E-state index in [4.69, 9.17) is 14.2 Å². The number of ether oxygens (including phenoxy) is 3. The second-order valence-corrected chi connectivity index (χ2v) is 9.43.